The molecule has 0 aliphatic rings. The molecule has 0 amide bonds. The highest BCUT2D eigenvalue weighted by molar-refractivity contribution is 5.72. The number of hydrogen-bond acceptors (Lipinski definition) is 6. The van der Waals surface area contributed by atoms with Gasteiger partial charge in [-0.05, 0) is 71.3 Å². The highest BCUT2D eigenvalue weighted by atomic mass is 16.5. The normalized spacial score (nSPS) is 11.4. The molecule has 0 saturated carbocycles. The molecule has 4 aromatic rings. The third kappa shape index (κ3) is 6.90. The third-order valence-corrected chi connectivity index (χ3v) is 5.31. The van der Waals surface area contributed by atoms with E-state index >= 15 is 0 Å². The van der Waals surface area contributed by atoms with Gasteiger partial charge in [0.1, 0.15) is 17.2 Å². The molecule has 0 N–H and O–H groups in total. The quantitative estimate of drug-likeness (QED) is 0.278. The maximum atomic E-state index is 5.23. The zero-order valence-corrected chi connectivity index (χ0v) is 20.5. The molecule has 3 aromatic carbocycles. The van der Waals surface area contributed by atoms with Crippen molar-refractivity contribution in [3.8, 4) is 17.2 Å². The SMILES string of the molecule is COc1ccc(/C=C/c2nc(/C=C/c3ccc(OC)cc3)nc(/C=C/c3ccc(OC)cc3)n2)cc1. The monoisotopic (exact) mass is 477 g/mol. The molecular formula is C30H27N3O3. The first kappa shape index (κ1) is 24.4. The lowest BCUT2D eigenvalue weighted by molar-refractivity contribution is 0.414. The zero-order chi connectivity index (χ0) is 25.2. The Morgan fingerprint density at radius 3 is 0.861 bits per heavy atom. The van der Waals surface area contributed by atoms with Gasteiger partial charge in [-0.2, -0.15) is 0 Å². The summed E-state index contributed by atoms with van der Waals surface area (Å²) in [5.74, 6) is 4.11. The summed E-state index contributed by atoms with van der Waals surface area (Å²) in [4.78, 5) is 13.8. The summed E-state index contributed by atoms with van der Waals surface area (Å²) < 4.78 is 15.7. The van der Waals surface area contributed by atoms with Gasteiger partial charge in [-0.25, -0.2) is 15.0 Å². The van der Waals surface area contributed by atoms with Crippen LogP contribution in [0.25, 0.3) is 36.5 Å². The fourth-order valence-corrected chi connectivity index (χ4v) is 3.31. The van der Waals surface area contributed by atoms with Gasteiger partial charge in [0.15, 0.2) is 17.5 Å². The highest BCUT2D eigenvalue weighted by Crippen LogP contribution is 2.16. The summed E-state index contributed by atoms with van der Waals surface area (Å²) in [5, 5.41) is 0. The van der Waals surface area contributed by atoms with Crippen LogP contribution in [0.5, 0.6) is 17.2 Å². The van der Waals surface area contributed by atoms with Crippen molar-refractivity contribution in [2.75, 3.05) is 21.3 Å². The summed E-state index contributed by atoms with van der Waals surface area (Å²) in [6.07, 6.45) is 11.5. The number of benzene rings is 3. The maximum absolute atomic E-state index is 5.23. The molecule has 0 aliphatic carbocycles. The fraction of sp³-hybridized carbons (Fsp3) is 0.100. The fourth-order valence-electron chi connectivity index (χ4n) is 3.31. The predicted octanol–water partition coefficient (Wildman–Crippen LogP) is 6.41. The van der Waals surface area contributed by atoms with Crippen molar-refractivity contribution in [2.45, 2.75) is 0 Å². The van der Waals surface area contributed by atoms with Gasteiger partial charge in [0.25, 0.3) is 0 Å². The molecule has 0 bridgehead atoms. The second-order valence-corrected chi connectivity index (χ2v) is 7.73. The van der Waals surface area contributed by atoms with Crippen molar-refractivity contribution in [2.24, 2.45) is 0 Å². The summed E-state index contributed by atoms with van der Waals surface area (Å²) in [7, 11) is 4.95. The van der Waals surface area contributed by atoms with Crippen LogP contribution in [-0.4, -0.2) is 36.3 Å². The topological polar surface area (TPSA) is 66.4 Å². The van der Waals surface area contributed by atoms with E-state index in [1.54, 1.807) is 21.3 Å². The second kappa shape index (κ2) is 12.1. The Morgan fingerprint density at radius 2 is 0.639 bits per heavy atom. The van der Waals surface area contributed by atoms with Crippen LogP contribution < -0.4 is 14.2 Å². The van der Waals surface area contributed by atoms with Crippen LogP contribution in [0.15, 0.2) is 72.8 Å². The first-order valence-electron chi connectivity index (χ1n) is 11.4. The average Bonchev–Trinajstić information content (AvgIpc) is 2.94. The summed E-state index contributed by atoms with van der Waals surface area (Å²) >= 11 is 0. The van der Waals surface area contributed by atoms with Crippen LogP contribution in [0.3, 0.4) is 0 Å². The van der Waals surface area contributed by atoms with Crippen LogP contribution in [-0.2, 0) is 0 Å². The standard InChI is InChI=1S/C30H27N3O3/c1-34-25-13-4-22(5-14-25)10-19-28-31-29(20-11-23-6-15-26(35-2)16-7-23)33-30(32-28)21-12-24-8-17-27(36-3)18-9-24/h4-21H,1-3H3/b19-10+,20-11+,21-12+. The molecule has 0 spiro atoms. The van der Waals surface area contributed by atoms with E-state index in [9.17, 15) is 0 Å². The number of hydrogen-bond donors (Lipinski definition) is 0. The lowest BCUT2D eigenvalue weighted by Gasteiger charge is -2.02. The van der Waals surface area contributed by atoms with Gasteiger partial charge in [0, 0.05) is 0 Å². The molecule has 0 unspecified atom stereocenters. The van der Waals surface area contributed by atoms with E-state index in [0.717, 1.165) is 33.9 Å². The molecule has 1 aromatic heterocycles. The number of rotatable bonds is 9. The third-order valence-electron chi connectivity index (χ3n) is 5.31. The smallest absolute Gasteiger partial charge is 0.156 e. The maximum Gasteiger partial charge on any atom is 0.156 e. The van der Waals surface area contributed by atoms with E-state index in [4.69, 9.17) is 14.2 Å². The van der Waals surface area contributed by atoms with E-state index in [1.165, 1.54) is 0 Å². The van der Waals surface area contributed by atoms with Crippen LogP contribution in [0.1, 0.15) is 34.2 Å². The van der Waals surface area contributed by atoms with Crippen molar-refractivity contribution in [3.63, 3.8) is 0 Å². The Bertz CT molecular complexity index is 1180. The molecule has 4 rings (SSSR count). The number of methoxy groups -OCH3 is 3. The zero-order valence-electron chi connectivity index (χ0n) is 20.5. The van der Waals surface area contributed by atoms with Crippen LogP contribution in [0, 0.1) is 0 Å². The van der Waals surface area contributed by atoms with Crippen LogP contribution >= 0.6 is 0 Å². The van der Waals surface area contributed by atoms with Crippen molar-refractivity contribution in [1.82, 2.24) is 15.0 Å². The van der Waals surface area contributed by atoms with Crippen molar-refractivity contribution in [3.05, 3.63) is 107 Å². The van der Waals surface area contributed by atoms with Crippen LogP contribution in [0.4, 0.5) is 0 Å². The van der Waals surface area contributed by atoms with Gasteiger partial charge in [0.05, 0.1) is 21.3 Å². The first-order chi connectivity index (χ1) is 17.6. The number of aromatic nitrogens is 3. The molecule has 0 atom stereocenters. The lowest BCUT2D eigenvalue weighted by Crippen LogP contribution is -1.99. The highest BCUT2D eigenvalue weighted by Gasteiger charge is 2.02. The van der Waals surface area contributed by atoms with Gasteiger partial charge in [-0.3, -0.25) is 0 Å². The minimum Gasteiger partial charge on any atom is -0.497 e. The Balaban J connectivity index is 1.62. The van der Waals surface area contributed by atoms with Crippen molar-refractivity contribution < 1.29 is 14.2 Å². The molecule has 0 aliphatic heterocycles. The van der Waals surface area contributed by atoms with Gasteiger partial charge in [-0.1, -0.05) is 54.6 Å². The molecule has 0 saturated heterocycles. The number of nitrogens with zero attached hydrogens (tertiary/aromatic N) is 3. The first-order valence-corrected chi connectivity index (χ1v) is 11.4. The minimum atomic E-state index is 0.560. The van der Waals surface area contributed by atoms with Crippen molar-refractivity contribution in [1.29, 1.82) is 0 Å². The lowest BCUT2D eigenvalue weighted by atomic mass is 10.2. The molecule has 6 nitrogen and oxygen atoms in total. The minimum absolute atomic E-state index is 0.560. The molecular weight excluding hydrogens is 450 g/mol. The molecule has 180 valence electrons. The van der Waals surface area contributed by atoms with Crippen LogP contribution in [0.2, 0.25) is 0 Å². The van der Waals surface area contributed by atoms with E-state index < -0.39 is 0 Å². The van der Waals surface area contributed by atoms with Gasteiger partial charge in [0.2, 0.25) is 0 Å². The van der Waals surface area contributed by atoms with Gasteiger partial charge < -0.3 is 14.2 Å². The summed E-state index contributed by atoms with van der Waals surface area (Å²) in [6, 6.07) is 23.4. The second-order valence-electron chi connectivity index (χ2n) is 7.73. The number of ether oxygens (including phenoxy) is 3. The Hall–Kier alpha value is -4.71. The van der Waals surface area contributed by atoms with E-state index in [0.29, 0.717) is 17.5 Å². The van der Waals surface area contributed by atoms with Gasteiger partial charge in [-0.15, -0.1) is 0 Å². The predicted molar refractivity (Wildman–Crippen MR) is 146 cm³/mol. The van der Waals surface area contributed by atoms with E-state index in [2.05, 4.69) is 15.0 Å². The largest absolute Gasteiger partial charge is 0.497 e. The average molecular weight is 478 g/mol. The Labute approximate surface area is 211 Å². The molecule has 36 heavy (non-hydrogen) atoms. The van der Waals surface area contributed by atoms with Crippen molar-refractivity contribution >= 4 is 36.5 Å². The van der Waals surface area contributed by atoms with E-state index in [-0.39, 0.29) is 0 Å². The molecule has 0 fully saturated rings. The molecule has 6 heteroatoms. The summed E-state index contributed by atoms with van der Waals surface area (Å²) in [6.45, 7) is 0. The van der Waals surface area contributed by atoms with E-state index in [1.807, 2.05) is 109 Å². The summed E-state index contributed by atoms with van der Waals surface area (Å²) in [5.41, 5.74) is 3.05. The Kier molecular flexibility index (Phi) is 8.22. The molecule has 0 radical (unpaired) electrons. The van der Waals surface area contributed by atoms with Gasteiger partial charge >= 0.3 is 0 Å². The Morgan fingerprint density at radius 1 is 0.389 bits per heavy atom. The molecule has 1 heterocycles.